The molecule has 1 N–H and O–H groups in total. The van der Waals surface area contributed by atoms with Crippen molar-refractivity contribution >= 4 is 27.5 Å². The summed E-state index contributed by atoms with van der Waals surface area (Å²) in [6.45, 7) is 7.41. The normalized spacial score (nSPS) is 12.6. The number of hydrogen-bond acceptors (Lipinski definition) is 3. The number of rotatable bonds is 8. The van der Waals surface area contributed by atoms with Crippen LogP contribution in [0, 0.1) is 26.6 Å². The Balaban J connectivity index is 1.85. The van der Waals surface area contributed by atoms with Crippen molar-refractivity contribution in [1.82, 2.24) is 9.62 Å². The van der Waals surface area contributed by atoms with Gasteiger partial charge in [0.15, 0.2) is 0 Å². The van der Waals surface area contributed by atoms with Gasteiger partial charge in [0.25, 0.3) is 0 Å². The maximum atomic E-state index is 13.4. The van der Waals surface area contributed by atoms with Crippen molar-refractivity contribution in [2.24, 2.45) is 0 Å². The van der Waals surface area contributed by atoms with Gasteiger partial charge in [0.05, 0.1) is 17.5 Å². The Morgan fingerprint density at radius 1 is 0.971 bits per heavy atom. The van der Waals surface area contributed by atoms with Gasteiger partial charge in [-0.05, 0) is 91.9 Å². The van der Waals surface area contributed by atoms with Gasteiger partial charge < -0.3 is 5.32 Å². The smallest absolute Gasteiger partial charge is 0.243 e. The third-order valence-electron chi connectivity index (χ3n) is 5.77. The molecule has 1 amide bonds. The molecule has 0 fully saturated rings. The van der Waals surface area contributed by atoms with Crippen molar-refractivity contribution in [1.29, 1.82) is 0 Å². The molecule has 0 aliphatic carbocycles. The Kier molecular flexibility index (Phi) is 8.13. The van der Waals surface area contributed by atoms with Crippen LogP contribution >= 0.6 is 11.6 Å². The second-order valence-electron chi connectivity index (χ2n) is 8.44. The van der Waals surface area contributed by atoms with Crippen LogP contribution in [-0.2, 0) is 21.4 Å². The third-order valence-corrected chi connectivity index (χ3v) is 7.83. The highest BCUT2D eigenvalue weighted by atomic mass is 35.5. The average molecular weight is 503 g/mol. The van der Waals surface area contributed by atoms with Crippen molar-refractivity contribution in [3.05, 3.63) is 99.3 Å². The first-order chi connectivity index (χ1) is 16.0. The maximum absolute atomic E-state index is 13.4. The van der Waals surface area contributed by atoms with Crippen LogP contribution < -0.4 is 5.32 Å². The molecule has 3 rings (SSSR count). The molecule has 0 aliphatic rings. The highest BCUT2D eigenvalue weighted by Gasteiger charge is 2.27. The van der Waals surface area contributed by atoms with E-state index in [0.717, 1.165) is 21.0 Å². The number of carbonyl (C=O) groups is 1. The lowest BCUT2D eigenvalue weighted by atomic mass is 9.96. The first kappa shape index (κ1) is 25.9. The Morgan fingerprint density at radius 3 is 2.18 bits per heavy atom. The predicted molar refractivity (Wildman–Crippen MR) is 133 cm³/mol. The SMILES string of the molecule is Cc1cc(C)c([C@H](C)NC(=O)CN(Cc2ccc(F)cc2)S(=O)(=O)c2ccc(Cl)cc2)cc1C. The van der Waals surface area contributed by atoms with Crippen LogP contribution in [0.15, 0.2) is 65.6 Å². The van der Waals surface area contributed by atoms with E-state index in [1.165, 1.54) is 54.1 Å². The number of halogens is 2. The summed E-state index contributed by atoms with van der Waals surface area (Å²) in [5.41, 5.74) is 4.86. The zero-order chi connectivity index (χ0) is 25.0. The van der Waals surface area contributed by atoms with Crippen LogP contribution in [0.5, 0.6) is 0 Å². The molecule has 0 radical (unpaired) electrons. The largest absolute Gasteiger partial charge is 0.348 e. The van der Waals surface area contributed by atoms with Crippen LogP contribution in [0.2, 0.25) is 5.02 Å². The Morgan fingerprint density at radius 2 is 1.56 bits per heavy atom. The minimum atomic E-state index is -4.02. The van der Waals surface area contributed by atoms with Crippen molar-refractivity contribution in [3.8, 4) is 0 Å². The van der Waals surface area contributed by atoms with Gasteiger partial charge in [-0.15, -0.1) is 0 Å². The average Bonchev–Trinajstić information content (AvgIpc) is 2.77. The molecule has 1 atom stereocenters. The van der Waals surface area contributed by atoms with Crippen LogP contribution in [0.1, 0.15) is 40.8 Å². The standard InChI is InChI=1S/C26H28ClFN2O3S/c1-17-13-19(3)25(14-18(17)2)20(4)29-26(31)16-30(15-21-5-9-23(28)10-6-21)34(32,33)24-11-7-22(27)8-12-24/h5-14,20H,15-16H2,1-4H3,(H,29,31)/t20-/m0/s1. The molecule has 180 valence electrons. The summed E-state index contributed by atoms with van der Waals surface area (Å²) < 4.78 is 41.2. The van der Waals surface area contributed by atoms with Crippen molar-refractivity contribution in [2.75, 3.05) is 6.54 Å². The van der Waals surface area contributed by atoms with Gasteiger partial charge in [-0.25, -0.2) is 12.8 Å². The fourth-order valence-corrected chi connectivity index (χ4v) is 5.26. The lowest BCUT2D eigenvalue weighted by molar-refractivity contribution is -0.122. The van der Waals surface area contributed by atoms with E-state index in [4.69, 9.17) is 11.6 Å². The van der Waals surface area contributed by atoms with Crippen LogP contribution in [0.25, 0.3) is 0 Å². The van der Waals surface area contributed by atoms with Gasteiger partial charge in [0.2, 0.25) is 15.9 Å². The summed E-state index contributed by atoms with van der Waals surface area (Å²) in [5.74, 6) is -0.865. The molecule has 0 aliphatic heterocycles. The van der Waals surface area contributed by atoms with E-state index in [-0.39, 0.29) is 17.5 Å². The zero-order valence-electron chi connectivity index (χ0n) is 19.6. The Bertz CT molecular complexity index is 1280. The minimum Gasteiger partial charge on any atom is -0.348 e. The van der Waals surface area contributed by atoms with E-state index < -0.39 is 28.3 Å². The zero-order valence-corrected chi connectivity index (χ0v) is 21.2. The van der Waals surface area contributed by atoms with Gasteiger partial charge in [-0.1, -0.05) is 35.9 Å². The number of sulfonamides is 1. The first-order valence-corrected chi connectivity index (χ1v) is 12.7. The molecule has 0 bridgehead atoms. The highest BCUT2D eigenvalue weighted by molar-refractivity contribution is 7.89. The lowest BCUT2D eigenvalue weighted by Crippen LogP contribution is -2.41. The van der Waals surface area contributed by atoms with E-state index >= 15 is 0 Å². The number of aryl methyl sites for hydroxylation is 3. The molecule has 0 saturated carbocycles. The Labute approximate surface area is 205 Å². The second kappa shape index (κ2) is 10.7. The predicted octanol–water partition coefficient (Wildman–Crippen LogP) is 5.47. The third kappa shape index (κ3) is 6.23. The molecular weight excluding hydrogens is 475 g/mol. The number of hydrogen-bond donors (Lipinski definition) is 1. The molecule has 3 aromatic rings. The van der Waals surface area contributed by atoms with Crippen molar-refractivity contribution < 1.29 is 17.6 Å². The quantitative estimate of drug-likeness (QED) is 0.444. The van der Waals surface area contributed by atoms with Crippen molar-refractivity contribution in [2.45, 2.75) is 45.2 Å². The molecule has 0 unspecified atom stereocenters. The van der Waals surface area contributed by atoms with E-state index in [9.17, 15) is 17.6 Å². The second-order valence-corrected chi connectivity index (χ2v) is 10.8. The number of nitrogens with one attached hydrogen (secondary N) is 1. The summed E-state index contributed by atoms with van der Waals surface area (Å²) in [4.78, 5) is 13.0. The van der Waals surface area contributed by atoms with E-state index in [1.54, 1.807) is 0 Å². The molecule has 0 heterocycles. The molecule has 0 spiro atoms. The fourth-order valence-electron chi connectivity index (χ4n) is 3.75. The monoisotopic (exact) mass is 502 g/mol. The van der Waals surface area contributed by atoms with Crippen LogP contribution in [-0.4, -0.2) is 25.2 Å². The molecule has 34 heavy (non-hydrogen) atoms. The highest BCUT2D eigenvalue weighted by Crippen LogP contribution is 2.23. The first-order valence-electron chi connectivity index (χ1n) is 10.8. The number of amides is 1. The molecule has 0 saturated heterocycles. The molecule has 0 aromatic heterocycles. The van der Waals surface area contributed by atoms with Gasteiger partial charge in [-0.3, -0.25) is 4.79 Å². The summed E-state index contributed by atoms with van der Waals surface area (Å²) >= 11 is 5.91. The summed E-state index contributed by atoms with van der Waals surface area (Å²) in [7, 11) is -4.02. The minimum absolute atomic E-state index is 0.0184. The fraction of sp³-hybridized carbons (Fsp3) is 0.269. The number of carbonyl (C=O) groups excluding carboxylic acids is 1. The molecular formula is C26H28ClFN2O3S. The molecule has 5 nitrogen and oxygen atoms in total. The lowest BCUT2D eigenvalue weighted by Gasteiger charge is -2.24. The summed E-state index contributed by atoms with van der Waals surface area (Å²) in [5, 5.41) is 3.32. The van der Waals surface area contributed by atoms with Gasteiger partial charge >= 0.3 is 0 Å². The van der Waals surface area contributed by atoms with Crippen LogP contribution in [0.4, 0.5) is 4.39 Å². The summed E-state index contributed by atoms with van der Waals surface area (Å²) in [6.07, 6.45) is 0. The maximum Gasteiger partial charge on any atom is 0.243 e. The van der Waals surface area contributed by atoms with Crippen LogP contribution in [0.3, 0.4) is 0 Å². The van der Waals surface area contributed by atoms with Gasteiger partial charge in [-0.2, -0.15) is 4.31 Å². The number of benzene rings is 3. The summed E-state index contributed by atoms with van der Waals surface area (Å²) in [6, 6.07) is 15.1. The van der Waals surface area contributed by atoms with Crippen molar-refractivity contribution in [3.63, 3.8) is 0 Å². The number of nitrogens with zero attached hydrogens (tertiary/aromatic N) is 1. The topological polar surface area (TPSA) is 66.5 Å². The van der Waals surface area contributed by atoms with Gasteiger partial charge in [0, 0.05) is 11.6 Å². The molecule has 8 heteroatoms. The van der Waals surface area contributed by atoms with E-state index in [0.29, 0.717) is 10.6 Å². The van der Waals surface area contributed by atoms with E-state index in [2.05, 4.69) is 11.4 Å². The van der Waals surface area contributed by atoms with E-state index in [1.807, 2.05) is 33.8 Å². The van der Waals surface area contributed by atoms with Gasteiger partial charge in [0.1, 0.15) is 5.82 Å². The molecule has 3 aromatic carbocycles. The Hall–Kier alpha value is -2.74.